The SMILES string of the molecule is Cc1ccc(-c2cc(C(=O)Nc3cn(C)c(C(=O)CCC(C)(C)S(C)=S)n3)n(C)c2)cc1. The highest BCUT2D eigenvalue weighted by Gasteiger charge is 2.23. The molecule has 1 unspecified atom stereocenters. The summed E-state index contributed by atoms with van der Waals surface area (Å²) in [7, 11) is 3.40. The molecular formula is C24H30N4O2S2. The van der Waals surface area contributed by atoms with Crippen LogP contribution in [0, 0.1) is 6.92 Å². The van der Waals surface area contributed by atoms with Gasteiger partial charge in [-0.25, -0.2) is 4.98 Å². The Hall–Kier alpha value is -2.58. The molecule has 3 rings (SSSR count). The van der Waals surface area contributed by atoms with E-state index in [1.54, 1.807) is 22.4 Å². The first-order valence-corrected chi connectivity index (χ1v) is 13.0. The summed E-state index contributed by atoms with van der Waals surface area (Å²) in [4.78, 5) is 30.0. The smallest absolute Gasteiger partial charge is 0.273 e. The van der Waals surface area contributed by atoms with E-state index in [0.717, 1.165) is 11.1 Å². The number of ketones is 1. The predicted molar refractivity (Wildman–Crippen MR) is 135 cm³/mol. The van der Waals surface area contributed by atoms with Gasteiger partial charge in [-0.3, -0.25) is 9.59 Å². The normalized spacial score (nSPS) is 12.6. The fraction of sp³-hybridized carbons (Fsp3) is 0.375. The minimum atomic E-state index is -0.273. The van der Waals surface area contributed by atoms with Crippen molar-refractivity contribution in [3.63, 3.8) is 0 Å². The summed E-state index contributed by atoms with van der Waals surface area (Å²) < 4.78 is 3.38. The lowest BCUT2D eigenvalue weighted by Gasteiger charge is -2.23. The first-order valence-electron chi connectivity index (χ1n) is 10.4. The number of carbonyl (C=O) groups excluding carboxylic acids is 2. The van der Waals surface area contributed by atoms with Crippen LogP contribution in [0.4, 0.5) is 5.82 Å². The number of nitrogens with one attached hydrogen (secondary N) is 1. The summed E-state index contributed by atoms with van der Waals surface area (Å²) in [5, 5.41) is 2.82. The number of benzene rings is 1. The van der Waals surface area contributed by atoms with Crippen molar-refractivity contribution in [2.45, 2.75) is 38.4 Å². The van der Waals surface area contributed by atoms with Gasteiger partial charge in [0.2, 0.25) is 0 Å². The average molecular weight is 471 g/mol. The molecule has 0 saturated carbocycles. The molecule has 1 aromatic carbocycles. The molecule has 32 heavy (non-hydrogen) atoms. The standard InChI is InChI=1S/C24H30N4O2S2/c1-16-7-9-17(10-8-16)18-13-19(27(4)14-18)23(30)26-21-15-28(5)22(25-21)20(29)11-12-24(2,3)32(6)31/h7-10,13-15H,11-12H2,1-6H3,(H,26,30). The monoisotopic (exact) mass is 470 g/mol. The fourth-order valence-corrected chi connectivity index (χ4v) is 3.97. The number of anilines is 1. The van der Waals surface area contributed by atoms with Crippen molar-refractivity contribution in [2.75, 3.05) is 11.6 Å². The zero-order chi connectivity index (χ0) is 23.6. The van der Waals surface area contributed by atoms with Gasteiger partial charge in [-0.1, -0.05) is 54.9 Å². The minimum Gasteiger partial charge on any atom is -0.346 e. The van der Waals surface area contributed by atoms with Crippen LogP contribution in [0.2, 0.25) is 0 Å². The molecule has 0 aliphatic carbocycles. The number of hydrogen-bond acceptors (Lipinski definition) is 4. The van der Waals surface area contributed by atoms with Crippen LogP contribution in [0.1, 0.15) is 53.4 Å². The molecule has 1 amide bonds. The summed E-state index contributed by atoms with van der Waals surface area (Å²) in [6.45, 7) is 6.22. The number of Topliss-reactive ketones (excluding diaryl/α,β-unsaturated/α-hetero) is 1. The van der Waals surface area contributed by atoms with E-state index in [-0.39, 0.29) is 25.9 Å². The Morgan fingerprint density at radius 2 is 1.75 bits per heavy atom. The first kappa shape index (κ1) is 24.1. The van der Waals surface area contributed by atoms with Gasteiger partial charge < -0.3 is 14.5 Å². The van der Waals surface area contributed by atoms with Gasteiger partial charge in [-0.05, 0) is 31.2 Å². The third kappa shape index (κ3) is 5.42. The van der Waals surface area contributed by atoms with Crippen LogP contribution in [-0.4, -0.2) is 36.8 Å². The van der Waals surface area contributed by atoms with Gasteiger partial charge in [-0.2, -0.15) is 0 Å². The van der Waals surface area contributed by atoms with Crippen LogP contribution in [0.5, 0.6) is 0 Å². The second kappa shape index (κ2) is 9.50. The molecule has 0 aliphatic rings. The lowest BCUT2D eigenvalue weighted by Crippen LogP contribution is -2.26. The van der Waals surface area contributed by atoms with Crippen molar-refractivity contribution < 1.29 is 9.59 Å². The third-order valence-electron chi connectivity index (χ3n) is 5.72. The Balaban J connectivity index is 1.72. The van der Waals surface area contributed by atoms with Gasteiger partial charge in [0, 0.05) is 43.2 Å². The highest BCUT2D eigenvalue weighted by molar-refractivity contribution is 8.29. The number of aromatic nitrogens is 3. The molecule has 0 radical (unpaired) electrons. The van der Waals surface area contributed by atoms with Crippen molar-refractivity contribution in [3.8, 4) is 11.1 Å². The summed E-state index contributed by atoms with van der Waals surface area (Å²) in [6.07, 6.45) is 6.68. The molecule has 1 atom stereocenters. The average Bonchev–Trinajstić information content (AvgIpc) is 3.29. The highest BCUT2D eigenvalue weighted by atomic mass is 32.8. The zero-order valence-electron chi connectivity index (χ0n) is 19.4. The van der Waals surface area contributed by atoms with Crippen LogP contribution in [0.3, 0.4) is 0 Å². The van der Waals surface area contributed by atoms with Crippen molar-refractivity contribution in [1.82, 2.24) is 14.1 Å². The van der Waals surface area contributed by atoms with Gasteiger partial charge in [0.1, 0.15) is 5.69 Å². The van der Waals surface area contributed by atoms with Crippen molar-refractivity contribution in [3.05, 3.63) is 59.8 Å². The molecular weight excluding hydrogens is 440 g/mol. The molecule has 0 bridgehead atoms. The number of hydrogen-bond donors (Lipinski definition) is 1. The van der Waals surface area contributed by atoms with Gasteiger partial charge in [0.15, 0.2) is 17.4 Å². The number of aryl methyl sites for hydroxylation is 3. The van der Waals surface area contributed by atoms with E-state index >= 15 is 0 Å². The zero-order valence-corrected chi connectivity index (χ0v) is 21.1. The van der Waals surface area contributed by atoms with E-state index in [1.165, 1.54) is 5.56 Å². The van der Waals surface area contributed by atoms with E-state index in [1.807, 2.05) is 56.8 Å². The fourth-order valence-electron chi connectivity index (χ4n) is 3.33. The highest BCUT2D eigenvalue weighted by Crippen LogP contribution is 2.24. The lowest BCUT2D eigenvalue weighted by atomic mass is 10.0. The van der Waals surface area contributed by atoms with E-state index in [2.05, 4.69) is 24.1 Å². The molecule has 6 nitrogen and oxygen atoms in total. The maximum Gasteiger partial charge on any atom is 0.273 e. The second-order valence-electron chi connectivity index (χ2n) is 8.74. The van der Waals surface area contributed by atoms with Crippen LogP contribution in [-0.2, 0) is 34.7 Å². The summed E-state index contributed by atoms with van der Waals surface area (Å²) in [5.74, 6) is 0.368. The van der Waals surface area contributed by atoms with Gasteiger partial charge in [0.05, 0.1) is 0 Å². The number of imidazole rings is 1. The summed E-state index contributed by atoms with van der Waals surface area (Å²) in [5.41, 5.74) is 3.72. The molecule has 0 saturated heterocycles. The van der Waals surface area contributed by atoms with Crippen LogP contribution in [0.25, 0.3) is 11.1 Å². The second-order valence-corrected chi connectivity index (χ2v) is 12.3. The molecule has 2 heterocycles. The molecule has 170 valence electrons. The lowest BCUT2D eigenvalue weighted by molar-refractivity contribution is 0.0962. The largest absolute Gasteiger partial charge is 0.346 e. The number of nitrogens with zero attached hydrogens (tertiary/aromatic N) is 3. The molecule has 8 heteroatoms. The Kier molecular flexibility index (Phi) is 7.15. The Bertz CT molecular complexity index is 1170. The number of rotatable bonds is 8. The Morgan fingerprint density at radius 1 is 1.09 bits per heavy atom. The van der Waals surface area contributed by atoms with E-state index in [4.69, 9.17) is 11.2 Å². The maximum absolute atomic E-state index is 12.9. The Morgan fingerprint density at radius 3 is 2.38 bits per heavy atom. The number of amides is 1. The van der Waals surface area contributed by atoms with Gasteiger partial charge in [0.25, 0.3) is 5.91 Å². The predicted octanol–water partition coefficient (Wildman–Crippen LogP) is 4.44. The molecule has 0 spiro atoms. The van der Waals surface area contributed by atoms with Crippen LogP contribution >= 0.6 is 0 Å². The van der Waals surface area contributed by atoms with Gasteiger partial charge in [-0.15, -0.1) is 9.45 Å². The summed E-state index contributed by atoms with van der Waals surface area (Å²) >= 11 is 5.40. The molecule has 2 aromatic heterocycles. The van der Waals surface area contributed by atoms with E-state index < -0.39 is 0 Å². The van der Waals surface area contributed by atoms with Gasteiger partial charge >= 0.3 is 0 Å². The summed E-state index contributed by atoms with van der Waals surface area (Å²) in [6, 6.07) is 10.0. The first-order chi connectivity index (χ1) is 15.0. The van der Waals surface area contributed by atoms with Crippen molar-refractivity contribution in [1.29, 1.82) is 0 Å². The Labute approximate surface area is 196 Å². The maximum atomic E-state index is 12.9. The number of carbonyl (C=O) groups is 2. The molecule has 3 aromatic rings. The van der Waals surface area contributed by atoms with Crippen molar-refractivity contribution in [2.24, 2.45) is 14.1 Å². The topological polar surface area (TPSA) is 68.9 Å². The van der Waals surface area contributed by atoms with E-state index in [0.29, 0.717) is 30.2 Å². The molecule has 0 aliphatic heterocycles. The van der Waals surface area contributed by atoms with Crippen LogP contribution < -0.4 is 5.32 Å². The van der Waals surface area contributed by atoms with Crippen molar-refractivity contribution >= 4 is 38.2 Å². The minimum absolute atomic E-state index is 0.0537. The third-order valence-corrected chi connectivity index (χ3v) is 8.84. The van der Waals surface area contributed by atoms with E-state index in [9.17, 15) is 9.59 Å². The van der Waals surface area contributed by atoms with Crippen LogP contribution in [0.15, 0.2) is 42.7 Å². The molecule has 1 N–H and O–H groups in total. The molecule has 0 fully saturated rings. The quantitative estimate of drug-likeness (QED) is 0.494.